The highest BCUT2D eigenvalue weighted by Crippen LogP contribution is 2.18. The maximum Gasteiger partial charge on any atom is 0.251 e. The van der Waals surface area contributed by atoms with Crippen molar-refractivity contribution in [3.05, 3.63) is 30.7 Å². The zero-order valence-corrected chi connectivity index (χ0v) is 11.7. The van der Waals surface area contributed by atoms with Gasteiger partial charge < -0.3 is 9.64 Å². The summed E-state index contributed by atoms with van der Waals surface area (Å²) in [5.74, 6) is 0.164. The number of nitrogens with zero attached hydrogens (tertiary/aromatic N) is 7. The van der Waals surface area contributed by atoms with Crippen LogP contribution in [-0.2, 0) is 11.3 Å². The number of carbonyl (C=O) groups is 1. The van der Waals surface area contributed by atoms with Gasteiger partial charge >= 0.3 is 0 Å². The molecule has 1 aliphatic heterocycles. The summed E-state index contributed by atoms with van der Waals surface area (Å²) >= 11 is 0. The molecule has 2 aromatic rings. The van der Waals surface area contributed by atoms with Crippen molar-refractivity contribution in [3.63, 3.8) is 0 Å². The number of hydrogen-bond acceptors (Lipinski definition) is 7. The first-order valence-electron chi connectivity index (χ1n) is 6.74. The fraction of sp³-hybridized carbons (Fsp3) is 0.385. The minimum Gasteiger partial charge on any atom is -0.470 e. The van der Waals surface area contributed by atoms with Crippen LogP contribution in [-0.4, -0.2) is 54.7 Å². The van der Waals surface area contributed by atoms with Crippen LogP contribution < -0.4 is 4.74 Å². The Bertz CT molecular complexity index is 695. The van der Waals surface area contributed by atoms with Gasteiger partial charge in [-0.25, -0.2) is 19.6 Å². The smallest absolute Gasteiger partial charge is 0.251 e. The van der Waals surface area contributed by atoms with Gasteiger partial charge in [0.05, 0.1) is 6.54 Å². The molecule has 0 aromatic carbocycles. The Morgan fingerprint density at radius 1 is 1.45 bits per heavy atom. The van der Waals surface area contributed by atoms with E-state index in [1.165, 1.54) is 29.7 Å². The summed E-state index contributed by atoms with van der Waals surface area (Å²) in [6.07, 6.45) is 6.29. The highest BCUT2D eigenvalue weighted by atomic mass is 16.5. The van der Waals surface area contributed by atoms with Crippen LogP contribution in [0.3, 0.4) is 0 Å². The van der Waals surface area contributed by atoms with E-state index in [2.05, 4.69) is 20.1 Å². The predicted molar refractivity (Wildman–Crippen MR) is 72.4 cm³/mol. The van der Waals surface area contributed by atoms with Crippen LogP contribution >= 0.6 is 0 Å². The average Bonchev–Trinajstić information content (AvgIpc) is 3.19. The number of aromatic nitrogens is 5. The van der Waals surface area contributed by atoms with Gasteiger partial charge in [0.1, 0.15) is 31.4 Å². The summed E-state index contributed by atoms with van der Waals surface area (Å²) in [6.45, 7) is 1.20. The molecule has 9 heteroatoms. The number of hydrogen-bond donors (Lipinski definition) is 0. The van der Waals surface area contributed by atoms with E-state index in [-0.39, 0.29) is 30.1 Å². The molecule has 9 nitrogen and oxygen atoms in total. The van der Waals surface area contributed by atoms with Gasteiger partial charge in [0.15, 0.2) is 0 Å². The van der Waals surface area contributed by atoms with E-state index in [9.17, 15) is 4.79 Å². The van der Waals surface area contributed by atoms with Crippen LogP contribution in [0.1, 0.15) is 12.1 Å². The summed E-state index contributed by atoms with van der Waals surface area (Å²) < 4.78 is 7.17. The van der Waals surface area contributed by atoms with Crippen molar-refractivity contribution in [2.45, 2.75) is 19.1 Å². The molecule has 0 N–H and O–H groups in total. The van der Waals surface area contributed by atoms with Gasteiger partial charge in [-0.2, -0.15) is 10.4 Å². The molecule has 1 amide bonds. The Morgan fingerprint density at radius 3 is 3.09 bits per heavy atom. The zero-order valence-electron chi connectivity index (χ0n) is 11.7. The van der Waals surface area contributed by atoms with Crippen molar-refractivity contribution in [3.8, 4) is 11.9 Å². The summed E-state index contributed by atoms with van der Waals surface area (Å²) in [6, 6.07) is 1.94. The SMILES string of the molecule is N#Cc1nccnc1OC1CCN(C(=O)Cn2cncn2)C1. The molecule has 1 fully saturated rings. The quantitative estimate of drug-likeness (QED) is 0.756. The third-order valence-electron chi connectivity index (χ3n) is 3.31. The van der Waals surface area contributed by atoms with Crippen molar-refractivity contribution in [2.24, 2.45) is 0 Å². The Morgan fingerprint density at radius 2 is 2.32 bits per heavy atom. The van der Waals surface area contributed by atoms with Crippen molar-refractivity contribution < 1.29 is 9.53 Å². The van der Waals surface area contributed by atoms with Gasteiger partial charge in [-0.1, -0.05) is 0 Å². The Balaban J connectivity index is 1.58. The zero-order chi connectivity index (χ0) is 15.4. The first-order valence-corrected chi connectivity index (χ1v) is 6.74. The van der Waals surface area contributed by atoms with Gasteiger partial charge in [-0.15, -0.1) is 0 Å². The predicted octanol–water partition coefficient (Wildman–Crippen LogP) is -0.380. The second-order valence-electron chi connectivity index (χ2n) is 4.78. The molecule has 0 bridgehead atoms. The maximum absolute atomic E-state index is 12.1. The Kier molecular flexibility index (Phi) is 3.91. The van der Waals surface area contributed by atoms with Crippen LogP contribution in [0, 0.1) is 11.3 Å². The molecule has 1 atom stereocenters. The van der Waals surface area contributed by atoms with Crippen molar-refractivity contribution in [1.29, 1.82) is 5.26 Å². The monoisotopic (exact) mass is 299 g/mol. The molecule has 3 heterocycles. The molecule has 112 valence electrons. The fourth-order valence-electron chi connectivity index (χ4n) is 2.25. The molecular formula is C13H13N7O2. The first-order chi connectivity index (χ1) is 10.8. The second-order valence-corrected chi connectivity index (χ2v) is 4.78. The normalized spacial score (nSPS) is 17.2. The first kappa shape index (κ1) is 13.9. The molecule has 0 saturated carbocycles. The van der Waals surface area contributed by atoms with Crippen LogP contribution in [0.25, 0.3) is 0 Å². The van der Waals surface area contributed by atoms with Crippen molar-refractivity contribution in [1.82, 2.24) is 29.6 Å². The Labute approximate surface area is 126 Å². The standard InChI is InChI=1S/C13H13N7O2/c14-5-11-13(17-3-2-16-11)22-10-1-4-19(6-10)12(21)7-20-9-15-8-18-20/h2-3,8-10H,1,4,6-7H2. The van der Waals surface area contributed by atoms with Gasteiger partial charge in [-0.05, 0) is 0 Å². The maximum atomic E-state index is 12.1. The van der Waals surface area contributed by atoms with Crippen LogP contribution in [0.15, 0.2) is 25.0 Å². The number of likely N-dealkylation sites (tertiary alicyclic amines) is 1. The van der Waals surface area contributed by atoms with Crippen LogP contribution in [0.5, 0.6) is 5.88 Å². The lowest BCUT2D eigenvalue weighted by atomic mass is 10.3. The fourth-order valence-corrected chi connectivity index (χ4v) is 2.25. The lowest BCUT2D eigenvalue weighted by Crippen LogP contribution is -2.33. The highest BCUT2D eigenvalue weighted by Gasteiger charge is 2.28. The van der Waals surface area contributed by atoms with Crippen molar-refractivity contribution in [2.75, 3.05) is 13.1 Å². The van der Waals surface area contributed by atoms with Gasteiger partial charge in [0.2, 0.25) is 11.6 Å². The number of ether oxygens (including phenoxy) is 1. The van der Waals surface area contributed by atoms with E-state index < -0.39 is 0 Å². The van der Waals surface area contributed by atoms with E-state index in [0.717, 1.165) is 0 Å². The van der Waals surface area contributed by atoms with E-state index in [4.69, 9.17) is 10.00 Å². The molecule has 2 aromatic heterocycles. The number of carbonyl (C=O) groups excluding carboxylic acids is 1. The lowest BCUT2D eigenvalue weighted by Gasteiger charge is -2.16. The minimum atomic E-state index is -0.191. The molecular weight excluding hydrogens is 286 g/mol. The minimum absolute atomic E-state index is 0.0451. The number of nitriles is 1. The van der Waals surface area contributed by atoms with Gasteiger partial charge in [0.25, 0.3) is 5.88 Å². The molecule has 1 saturated heterocycles. The molecule has 22 heavy (non-hydrogen) atoms. The topological polar surface area (TPSA) is 110 Å². The van der Waals surface area contributed by atoms with Crippen LogP contribution in [0.2, 0.25) is 0 Å². The molecule has 0 radical (unpaired) electrons. The summed E-state index contributed by atoms with van der Waals surface area (Å²) in [5, 5.41) is 12.9. The molecule has 1 aliphatic rings. The lowest BCUT2D eigenvalue weighted by molar-refractivity contribution is -0.131. The summed E-state index contributed by atoms with van der Waals surface area (Å²) in [7, 11) is 0. The largest absolute Gasteiger partial charge is 0.470 e. The van der Waals surface area contributed by atoms with E-state index in [1.807, 2.05) is 6.07 Å². The van der Waals surface area contributed by atoms with Gasteiger partial charge in [0, 0.05) is 25.4 Å². The summed E-state index contributed by atoms with van der Waals surface area (Å²) in [5.41, 5.74) is 0.148. The Hall–Kier alpha value is -3.02. The number of amides is 1. The average molecular weight is 299 g/mol. The molecule has 0 spiro atoms. The second kappa shape index (κ2) is 6.17. The molecule has 0 aliphatic carbocycles. The third-order valence-corrected chi connectivity index (χ3v) is 3.31. The highest BCUT2D eigenvalue weighted by molar-refractivity contribution is 5.76. The van der Waals surface area contributed by atoms with Crippen LogP contribution in [0.4, 0.5) is 0 Å². The molecule has 1 unspecified atom stereocenters. The summed E-state index contributed by atoms with van der Waals surface area (Å²) in [4.78, 5) is 25.5. The van der Waals surface area contributed by atoms with E-state index in [1.54, 1.807) is 4.90 Å². The molecule has 3 rings (SSSR count). The van der Waals surface area contributed by atoms with E-state index >= 15 is 0 Å². The number of rotatable bonds is 4. The van der Waals surface area contributed by atoms with Crippen molar-refractivity contribution >= 4 is 5.91 Å². The van der Waals surface area contributed by atoms with E-state index in [0.29, 0.717) is 19.5 Å². The van der Waals surface area contributed by atoms with Gasteiger partial charge in [-0.3, -0.25) is 4.79 Å². The third kappa shape index (κ3) is 3.01.